The highest BCUT2D eigenvalue weighted by atomic mass is 127. The van der Waals surface area contributed by atoms with Crippen molar-refractivity contribution in [2.45, 2.75) is 46.6 Å². The summed E-state index contributed by atoms with van der Waals surface area (Å²) in [5.74, 6) is 2.00. The van der Waals surface area contributed by atoms with Crippen molar-refractivity contribution >= 4 is 35.8 Å². The predicted molar refractivity (Wildman–Crippen MR) is 138 cm³/mol. The molecule has 2 rings (SSSR count). The zero-order valence-electron chi connectivity index (χ0n) is 19.4. The van der Waals surface area contributed by atoms with Gasteiger partial charge in [-0.2, -0.15) is 0 Å². The van der Waals surface area contributed by atoms with Gasteiger partial charge in [0, 0.05) is 39.1 Å². The van der Waals surface area contributed by atoms with Gasteiger partial charge in [0.25, 0.3) is 0 Å². The standard InChI is InChI=1S/C23H39N5O2.HI/c1-4-24-23(25-14-8-16-28-15-7-9-22(28)29)26-19-20-10-12-21(13-11-20)30-18-17-27(5-2)6-3;/h10-13H,4-9,14-19H2,1-3H3,(H2,24,25,26);1H. The summed E-state index contributed by atoms with van der Waals surface area (Å²) in [5, 5.41) is 6.64. The van der Waals surface area contributed by atoms with E-state index >= 15 is 0 Å². The summed E-state index contributed by atoms with van der Waals surface area (Å²) >= 11 is 0. The fraction of sp³-hybridized carbons (Fsp3) is 0.652. The van der Waals surface area contributed by atoms with Crippen LogP contribution in [0.4, 0.5) is 0 Å². The average molecular weight is 546 g/mol. The van der Waals surface area contributed by atoms with Gasteiger partial charge in [0.15, 0.2) is 5.96 Å². The molecule has 176 valence electrons. The molecule has 1 aliphatic rings. The molecule has 0 bridgehead atoms. The molecule has 0 atom stereocenters. The fourth-order valence-corrected chi connectivity index (χ4v) is 3.45. The molecule has 1 aliphatic heterocycles. The van der Waals surface area contributed by atoms with E-state index in [1.807, 2.05) is 17.0 Å². The van der Waals surface area contributed by atoms with E-state index in [1.165, 1.54) is 0 Å². The third kappa shape index (κ3) is 10.5. The maximum atomic E-state index is 11.7. The van der Waals surface area contributed by atoms with Crippen LogP contribution in [0.15, 0.2) is 29.3 Å². The molecule has 1 fully saturated rings. The molecule has 0 spiro atoms. The molecule has 2 N–H and O–H groups in total. The quantitative estimate of drug-likeness (QED) is 0.173. The van der Waals surface area contributed by atoms with Crippen LogP contribution in [-0.2, 0) is 11.3 Å². The number of hydrogen-bond donors (Lipinski definition) is 2. The minimum atomic E-state index is 0. The summed E-state index contributed by atoms with van der Waals surface area (Å²) in [6, 6.07) is 8.17. The Morgan fingerprint density at radius 3 is 2.52 bits per heavy atom. The number of halogens is 1. The molecular formula is C23H40IN5O2. The lowest BCUT2D eigenvalue weighted by atomic mass is 10.2. The number of likely N-dealkylation sites (tertiary alicyclic amines) is 1. The summed E-state index contributed by atoms with van der Waals surface area (Å²) < 4.78 is 5.84. The number of carbonyl (C=O) groups is 1. The number of amides is 1. The molecule has 0 aliphatic carbocycles. The largest absolute Gasteiger partial charge is 0.492 e. The van der Waals surface area contributed by atoms with Gasteiger partial charge in [0.1, 0.15) is 12.4 Å². The Morgan fingerprint density at radius 1 is 1.16 bits per heavy atom. The monoisotopic (exact) mass is 545 g/mol. The van der Waals surface area contributed by atoms with Gasteiger partial charge in [-0.15, -0.1) is 24.0 Å². The number of nitrogens with zero attached hydrogens (tertiary/aromatic N) is 3. The van der Waals surface area contributed by atoms with Crippen molar-refractivity contribution < 1.29 is 9.53 Å². The SMILES string of the molecule is CCNC(=NCc1ccc(OCCN(CC)CC)cc1)NCCCN1CCCC1=O.I. The van der Waals surface area contributed by atoms with Crippen molar-refractivity contribution in [2.24, 2.45) is 4.99 Å². The summed E-state index contributed by atoms with van der Waals surface area (Å²) in [7, 11) is 0. The molecule has 0 saturated carbocycles. The van der Waals surface area contributed by atoms with E-state index in [-0.39, 0.29) is 29.9 Å². The van der Waals surface area contributed by atoms with Crippen LogP contribution in [0.3, 0.4) is 0 Å². The highest BCUT2D eigenvalue weighted by Gasteiger charge is 2.18. The summed E-state index contributed by atoms with van der Waals surface area (Å²) in [4.78, 5) is 20.6. The first-order valence-electron chi connectivity index (χ1n) is 11.4. The van der Waals surface area contributed by atoms with Gasteiger partial charge in [0.2, 0.25) is 5.91 Å². The number of nitrogens with one attached hydrogen (secondary N) is 2. The van der Waals surface area contributed by atoms with Gasteiger partial charge in [-0.3, -0.25) is 4.79 Å². The minimum absolute atomic E-state index is 0. The van der Waals surface area contributed by atoms with Gasteiger partial charge < -0.3 is 25.2 Å². The van der Waals surface area contributed by atoms with E-state index in [1.54, 1.807) is 0 Å². The first-order valence-corrected chi connectivity index (χ1v) is 11.4. The molecular weight excluding hydrogens is 505 g/mol. The molecule has 1 aromatic rings. The molecule has 0 aromatic heterocycles. The van der Waals surface area contributed by atoms with Crippen LogP contribution in [0.1, 0.15) is 45.6 Å². The van der Waals surface area contributed by atoms with E-state index in [2.05, 4.69) is 53.4 Å². The van der Waals surface area contributed by atoms with Gasteiger partial charge in [-0.1, -0.05) is 26.0 Å². The number of likely N-dealkylation sites (N-methyl/N-ethyl adjacent to an activating group) is 1. The maximum Gasteiger partial charge on any atom is 0.222 e. The predicted octanol–water partition coefficient (Wildman–Crippen LogP) is 3.09. The Morgan fingerprint density at radius 2 is 1.90 bits per heavy atom. The van der Waals surface area contributed by atoms with Crippen molar-refractivity contribution in [2.75, 3.05) is 52.4 Å². The number of hydrogen-bond acceptors (Lipinski definition) is 4. The van der Waals surface area contributed by atoms with Crippen LogP contribution < -0.4 is 15.4 Å². The normalized spacial score (nSPS) is 14.0. The Hall–Kier alpha value is -1.55. The van der Waals surface area contributed by atoms with Gasteiger partial charge in [-0.25, -0.2) is 4.99 Å². The Labute approximate surface area is 205 Å². The van der Waals surface area contributed by atoms with Crippen LogP contribution in [0.2, 0.25) is 0 Å². The maximum absolute atomic E-state index is 11.7. The fourth-order valence-electron chi connectivity index (χ4n) is 3.45. The van der Waals surface area contributed by atoms with Crippen LogP contribution >= 0.6 is 24.0 Å². The van der Waals surface area contributed by atoms with Crippen molar-refractivity contribution in [3.63, 3.8) is 0 Å². The lowest BCUT2D eigenvalue weighted by Crippen LogP contribution is -2.39. The molecule has 1 aromatic carbocycles. The second kappa shape index (κ2) is 16.1. The Kier molecular flexibility index (Phi) is 14.3. The number of guanidine groups is 1. The number of aliphatic imine (C=N–C) groups is 1. The lowest BCUT2D eigenvalue weighted by Gasteiger charge is -2.18. The highest BCUT2D eigenvalue weighted by molar-refractivity contribution is 14.0. The Bertz CT molecular complexity index is 650. The summed E-state index contributed by atoms with van der Waals surface area (Å²) in [5.41, 5.74) is 1.14. The van der Waals surface area contributed by atoms with Crippen LogP contribution in [0.5, 0.6) is 5.75 Å². The smallest absolute Gasteiger partial charge is 0.222 e. The second-order valence-electron chi connectivity index (χ2n) is 7.48. The molecule has 0 radical (unpaired) electrons. The van der Waals surface area contributed by atoms with E-state index in [9.17, 15) is 4.79 Å². The summed E-state index contributed by atoms with van der Waals surface area (Å²) in [6.45, 7) is 14.1. The zero-order chi connectivity index (χ0) is 21.6. The van der Waals surface area contributed by atoms with E-state index in [0.717, 1.165) is 75.9 Å². The van der Waals surface area contributed by atoms with Crippen LogP contribution in [-0.4, -0.2) is 74.1 Å². The van der Waals surface area contributed by atoms with Crippen molar-refractivity contribution in [1.82, 2.24) is 20.4 Å². The van der Waals surface area contributed by atoms with E-state index in [0.29, 0.717) is 19.6 Å². The third-order valence-corrected chi connectivity index (χ3v) is 5.33. The van der Waals surface area contributed by atoms with Crippen molar-refractivity contribution in [3.05, 3.63) is 29.8 Å². The second-order valence-corrected chi connectivity index (χ2v) is 7.48. The summed E-state index contributed by atoms with van der Waals surface area (Å²) in [6.07, 6.45) is 2.63. The molecule has 8 heteroatoms. The van der Waals surface area contributed by atoms with Crippen LogP contribution in [0.25, 0.3) is 0 Å². The lowest BCUT2D eigenvalue weighted by molar-refractivity contribution is -0.127. The first-order chi connectivity index (χ1) is 14.7. The van der Waals surface area contributed by atoms with Gasteiger partial charge >= 0.3 is 0 Å². The number of carbonyl (C=O) groups excluding carboxylic acids is 1. The van der Waals surface area contributed by atoms with E-state index in [4.69, 9.17) is 4.74 Å². The molecule has 1 saturated heterocycles. The number of ether oxygens (including phenoxy) is 1. The van der Waals surface area contributed by atoms with E-state index < -0.39 is 0 Å². The topological polar surface area (TPSA) is 69.2 Å². The molecule has 1 heterocycles. The molecule has 31 heavy (non-hydrogen) atoms. The average Bonchev–Trinajstić information content (AvgIpc) is 3.18. The molecule has 7 nitrogen and oxygen atoms in total. The van der Waals surface area contributed by atoms with Gasteiger partial charge in [0.05, 0.1) is 6.54 Å². The van der Waals surface area contributed by atoms with Gasteiger partial charge in [-0.05, 0) is 50.6 Å². The number of benzene rings is 1. The van der Waals surface area contributed by atoms with Crippen molar-refractivity contribution in [1.29, 1.82) is 0 Å². The first kappa shape index (κ1) is 27.5. The number of rotatable bonds is 13. The Balaban J connectivity index is 0.00000480. The molecule has 0 unspecified atom stereocenters. The highest BCUT2D eigenvalue weighted by Crippen LogP contribution is 2.13. The minimum Gasteiger partial charge on any atom is -0.492 e. The molecule has 1 amide bonds. The zero-order valence-corrected chi connectivity index (χ0v) is 21.7. The van der Waals surface area contributed by atoms with Crippen LogP contribution in [0, 0.1) is 0 Å². The third-order valence-electron chi connectivity index (χ3n) is 5.33. The van der Waals surface area contributed by atoms with Crippen molar-refractivity contribution in [3.8, 4) is 5.75 Å².